The van der Waals surface area contributed by atoms with Crippen molar-refractivity contribution in [3.63, 3.8) is 0 Å². The number of nitrogens with zero attached hydrogens (tertiary/aromatic N) is 1. The van der Waals surface area contributed by atoms with Gasteiger partial charge < -0.3 is 4.90 Å². The van der Waals surface area contributed by atoms with E-state index < -0.39 is 0 Å². The summed E-state index contributed by atoms with van der Waals surface area (Å²) in [5.41, 5.74) is 1.49. The predicted molar refractivity (Wildman–Crippen MR) is 31.0 cm³/mol. The first-order valence-corrected chi connectivity index (χ1v) is 2.67. The SMILES string of the molecule is CN(C)C1=CCC1. The van der Waals surface area contributed by atoms with E-state index in [4.69, 9.17) is 0 Å². The van der Waals surface area contributed by atoms with Gasteiger partial charge in [-0.1, -0.05) is 6.08 Å². The number of allylic oxidation sites excluding steroid dienone is 2. The van der Waals surface area contributed by atoms with Crippen molar-refractivity contribution in [2.75, 3.05) is 14.1 Å². The van der Waals surface area contributed by atoms with Crippen LogP contribution in [0.5, 0.6) is 0 Å². The first kappa shape index (κ1) is 4.69. The molecule has 0 saturated carbocycles. The summed E-state index contributed by atoms with van der Waals surface area (Å²) < 4.78 is 0. The van der Waals surface area contributed by atoms with Gasteiger partial charge in [-0.15, -0.1) is 0 Å². The lowest BCUT2D eigenvalue weighted by Gasteiger charge is -2.22. The van der Waals surface area contributed by atoms with E-state index in [2.05, 4.69) is 25.1 Å². The molecule has 0 aromatic rings. The molecule has 0 aromatic heterocycles. The van der Waals surface area contributed by atoms with Crippen molar-refractivity contribution in [1.29, 1.82) is 0 Å². The standard InChI is InChI=1S/C6H11N/c1-7(2)6-4-3-5-6/h4H,3,5H2,1-2H3. The molecule has 0 saturated heterocycles. The van der Waals surface area contributed by atoms with Crippen LogP contribution in [-0.2, 0) is 0 Å². The Labute approximate surface area is 44.6 Å². The zero-order chi connectivity index (χ0) is 5.28. The molecule has 40 valence electrons. The Morgan fingerprint density at radius 1 is 1.57 bits per heavy atom. The van der Waals surface area contributed by atoms with Crippen LogP contribution in [0.3, 0.4) is 0 Å². The number of hydrogen-bond acceptors (Lipinski definition) is 1. The lowest BCUT2D eigenvalue weighted by molar-refractivity contribution is 0.461. The van der Waals surface area contributed by atoms with Crippen molar-refractivity contribution in [1.82, 2.24) is 4.90 Å². The normalized spacial score (nSPS) is 17.7. The maximum absolute atomic E-state index is 2.26. The molecule has 1 rings (SSSR count). The second-order valence-corrected chi connectivity index (χ2v) is 2.13. The van der Waals surface area contributed by atoms with E-state index >= 15 is 0 Å². The van der Waals surface area contributed by atoms with Crippen LogP contribution < -0.4 is 0 Å². The molecule has 0 aliphatic heterocycles. The molecule has 7 heavy (non-hydrogen) atoms. The quantitative estimate of drug-likeness (QED) is 0.475. The molecular formula is C6H11N. The summed E-state index contributed by atoms with van der Waals surface area (Å²) in [6.45, 7) is 0. The summed E-state index contributed by atoms with van der Waals surface area (Å²) in [5.74, 6) is 0. The van der Waals surface area contributed by atoms with E-state index in [0.29, 0.717) is 0 Å². The molecule has 1 aliphatic rings. The van der Waals surface area contributed by atoms with Gasteiger partial charge in [0.25, 0.3) is 0 Å². The molecular weight excluding hydrogens is 86.1 g/mol. The summed E-state index contributed by atoms with van der Waals surface area (Å²) >= 11 is 0. The van der Waals surface area contributed by atoms with Crippen LogP contribution in [0.2, 0.25) is 0 Å². The first-order chi connectivity index (χ1) is 3.30. The Kier molecular flexibility index (Phi) is 1.05. The average Bonchev–Trinajstić information content (AvgIpc) is 1.23. The van der Waals surface area contributed by atoms with Crippen LogP contribution in [0.25, 0.3) is 0 Å². The minimum Gasteiger partial charge on any atom is -0.381 e. The fourth-order valence-corrected chi connectivity index (χ4v) is 0.680. The number of hydrogen-bond donors (Lipinski definition) is 0. The van der Waals surface area contributed by atoms with Crippen LogP contribution in [0.4, 0.5) is 0 Å². The van der Waals surface area contributed by atoms with Crippen molar-refractivity contribution >= 4 is 0 Å². The van der Waals surface area contributed by atoms with Gasteiger partial charge in [-0.3, -0.25) is 0 Å². The van der Waals surface area contributed by atoms with Crippen molar-refractivity contribution in [3.05, 3.63) is 11.8 Å². The lowest BCUT2D eigenvalue weighted by atomic mass is 10.1. The van der Waals surface area contributed by atoms with Crippen molar-refractivity contribution in [3.8, 4) is 0 Å². The highest BCUT2D eigenvalue weighted by atomic mass is 15.1. The molecule has 0 N–H and O–H groups in total. The molecule has 0 aromatic carbocycles. The topological polar surface area (TPSA) is 3.24 Å². The Balaban J connectivity index is 2.40. The minimum absolute atomic E-state index is 1.28. The van der Waals surface area contributed by atoms with Gasteiger partial charge >= 0.3 is 0 Å². The van der Waals surface area contributed by atoms with Crippen LogP contribution in [0.15, 0.2) is 11.8 Å². The van der Waals surface area contributed by atoms with Crippen LogP contribution in [0.1, 0.15) is 12.8 Å². The maximum Gasteiger partial charge on any atom is 0.00901 e. The van der Waals surface area contributed by atoms with Gasteiger partial charge in [0.05, 0.1) is 0 Å². The Morgan fingerprint density at radius 2 is 2.14 bits per heavy atom. The van der Waals surface area contributed by atoms with Gasteiger partial charge in [0.15, 0.2) is 0 Å². The summed E-state index contributed by atoms with van der Waals surface area (Å²) in [4.78, 5) is 2.17. The van der Waals surface area contributed by atoms with Gasteiger partial charge in [0.1, 0.15) is 0 Å². The molecule has 1 heteroatoms. The van der Waals surface area contributed by atoms with E-state index in [9.17, 15) is 0 Å². The van der Waals surface area contributed by atoms with Crippen molar-refractivity contribution in [2.24, 2.45) is 0 Å². The van der Waals surface area contributed by atoms with Gasteiger partial charge in [0.2, 0.25) is 0 Å². The monoisotopic (exact) mass is 97.1 g/mol. The third kappa shape index (κ3) is 0.763. The lowest BCUT2D eigenvalue weighted by Crippen LogP contribution is -2.14. The molecule has 0 fully saturated rings. The Bertz CT molecular complexity index is 92.4. The van der Waals surface area contributed by atoms with Crippen LogP contribution in [0, 0.1) is 0 Å². The highest BCUT2D eigenvalue weighted by molar-refractivity contribution is 5.09. The highest BCUT2D eigenvalue weighted by Crippen LogP contribution is 2.18. The predicted octanol–water partition coefficient (Wildman–Crippen LogP) is 1.23. The van der Waals surface area contributed by atoms with E-state index in [1.165, 1.54) is 18.5 Å². The van der Waals surface area contributed by atoms with Crippen molar-refractivity contribution < 1.29 is 0 Å². The second-order valence-electron chi connectivity index (χ2n) is 2.13. The summed E-state index contributed by atoms with van der Waals surface area (Å²) in [6, 6.07) is 0. The van der Waals surface area contributed by atoms with Gasteiger partial charge in [0, 0.05) is 19.8 Å². The molecule has 0 atom stereocenters. The van der Waals surface area contributed by atoms with E-state index in [1.54, 1.807) is 0 Å². The van der Waals surface area contributed by atoms with Crippen molar-refractivity contribution in [2.45, 2.75) is 12.8 Å². The van der Waals surface area contributed by atoms with Gasteiger partial charge in [-0.2, -0.15) is 0 Å². The molecule has 0 heterocycles. The smallest absolute Gasteiger partial charge is 0.00901 e. The van der Waals surface area contributed by atoms with Gasteiger partial charge in [-0.05, 0) is 12.8 Å². The minimum atomic E-state index is 1.28. The largest absolute Gasteiger partial charge is 0.381 e. The fraction of sp³-hybridized carbons (Fsp3) is 0.667. The van der Waals surface area contributed by atoms with E-state index in [0.717, 1.165) is 0 Å². The number of rotatable bonds is 1. The second kappa shape index (κ2) is 1.57. The fourth-order valence-electron chi connectivity index (χ4n) is 0.680. The van der Waals surface area contributed by atoms with Gasteiger partial charge in [-0.25, -0.2) is 0 Å². The van der Waals surface area contributed by atoms with E-state index in [-0.39, 0.29) is 0 Å². The molecule has 0 bridgehead atoms. The molecule has 0 unspecified atom stereocenters. The van der Waals surface area contributed by atoms with Crippen LogP contribution in [-0.4, -0.2) is 19.0 Å². The Morgan fingerprint density at radius 3 is 2.14 bits per heavy atom. The summed E-state index contributed by atoms with van der Waals surface area (Å²) in [7, 11) is 4.18. The first-order valence-electron chi connectivity index (χ1n) is 2.67. The molecule has 1 nitrogen and oxygen atoms in total. The molecule has 0 amide bonds. The average molecular weight is 97.2 g/mol. The summed E-state index contributed by atoms with van der Waals surface area (Å²) in [5, 5.41) is 0. The molecule has 1 aliphatic carbocycles. The third-order valence-corrected chi connectivity index (χ3v) is 1.35. The van der Waals surface area contributed by atoms with E-state index in [1.807, 2.05) is 0 Å². The zero-order valence-corrected chi connectivity index (χ0v) is 4.94. The Hall–Kier alpha value is -0.460. The molecule has 0 spiro atoms. The third-order valence-electron chi connectivity index (χ3n) is 1.35. The maximum atomic E-state index is 2.26. The van der Waals surface area contributed by atoms with Crippen LogP contribution >= 0.6 is 0 Å². The highest BCUT2D eigenvalue weighted by Gasteiger charge is 2.04. The molecule has 0 radical (unpaired) electrons. The zero-order valence-electron chi connectivity index (χ0n) is 4.94. The summed E-state index contributed by atoms with van der Waals surface area (Å²) in [6.07, 6.45) is 4.83.